The zero-order valence-corrected chi connectivity index (χ0v) is 16.4. The van der Waals surface area contributed by atoms with Crippen LogP contribution in [0.2, 0.25) is 0 Å². The van der Waals surface area contributed by atoms with E-state index in [2.05, 4.69) is 0 Å². The summed E-state index contributed by atoms with van der Waals surface area (Å²) in [5.74, 6) is 0.631. The van der Waals surface area contributed by atoms with Crippen molar-refractivity contribution >= 4 is 15.9 Å². The topological polar surface area (TPSA) is 76.2 Å². The number of rotatable bonds is 10. The predicted octanol–water partition coefficient (Wildman–Crippen LogP) is 1.97. The fourth-order valence-electron chi connectivity index (χ4n) is 2.32. The monoisotopic (exact) mass is 372 g/mol. The molecule has 142 valence electrons. The van der Waals surface area contributed by atoms with Gasteiger partial charge in [-0.1, -0.05) is 0 Å². The van der Waals surface area contributed by atoms with Crippen LogP contribution in [0.3, 0.4) is 0 Å². The Morgan fingerprint density at radius 3 is 2.08 bits per heavy atom. The molecule has 8 heteroatoms. The van der Waals surface area contributed by atoms with Gasteiger partial charge in [-0.2, -0.15) is 4.31 Å². The molecule has 0 atom stereocenters. The van der Waals surface area contributed by atoms with Crippen molar-refractivity contribution in [2.24, 2.45) is 0 Å². The lowest BCUT2D eigenvalue weighted by atomic mass is 10.3. The Morgan fingerprint density at radius 2 is 1.56 bits per heavy atom. The second kappa shape index (κ2) is 9.62. The van der Waals surface area contributed by atoms with Crippen LogP contribution in [-0.2, 0) is 14.8 Å². The first-order chi connectivity index (χ1) is 11.8. The Balaban J connectivity index is 3.07. The van der Waals surface area contributed by atoms with Crippen molar-refractivity contribution < 1.29 is 22.7 Å². The number of benzene rings is 1. The lowest BCUT2D eigenvalue weighted by Crippen LogP contribution is -2.40. The molecular formula is C17H28N2O5S. The largest absolute Gasteiger partial charge is 0.490 e. The van der Waals surface area contributed by atoms with E-state index in [1.54, 1.807) is 11.0 Å². The van der Waals surface area contributed by atoms with Gasteiger partial charge in [-0.05, 0) is 39.8 Å². The summed E-state index contributed by atoms with van der Waals surface area (Å²) in [4.78, 5) is 13.8. The highest BCUT2D eigenvalue weighted by atomic mass is 32.2. The third kappa shape index (κ3) is 5.34. The maximum Gasteiger partial charge on any atom is 0.243 e. The maximum absolute atomic E-state index is 12.8. The van der Waals surface area contributed by atoms with Crippen molar-refractivity contribution in [3.8, 4) is 11.5 Å². The molecule has 0 bridgehead atoms. The Hall–Kier alpha value is -1.80. The van der Waals surface area contributed by atoms with Gasteiger partial charge in [-0.15, -0.1) is 0 Å². The fraction of sp³-hybridized carbons (Fsp3) is 0.588. The van der Waals surface area contributed by atoms with Gasteiger partial charge in [0.15, 0.2) is 11.5 Å². The Labute approximate surface area is 150 Å². The molecule has 0 fully saturated rings. The van der Waals surface area contributed by atoms with Crippen LogP contribution in [0.4, 0.5) is 0 Å². The van der Waals surface area contributed by atoms with E-state index < -0.39 is 10.0 Å². The van der Waals surface area contributed by atoms with Gasteiger partial charge >= 0.3 is 0 Å². The molecule has 0 radical (unpaired) electrons. The molecule has 25 heavy (non-hydrogen) atoms. The lowest BCUT2D eigenvalue weighted by molar-refractivity contribution is -0.130. The quantitative estimate of drug-likeness (QED) is 0.628. The van der Waals surface area contributed by atoms with E-state index >= 15 is 0 Å². The van der Waals surface area contributed by atoms with Crippen LogP contribution in [0.15, 0.2) is 23.1 Å². The average molecular weight is 372 g/mol. The van der Waals surface area contributed by atoms with Gasteiger partial charge in [-0.3, -0.25) is 4.79 Å². The zero-order valence-electron chi connectivity index (χ0n) is 15.6. The first kappa shape index (κ1) is 21.2. The first-order valence-electron chi connectivity index (χ1n) is 8.45. The highest BCUT2D eigenvalue weighted by Gasteiger charge is 2.25. The van der Waals surface area contributed by atoms with Crippen molar-refractivity contribution in [1.82, 2.24) is 9.21 Å². The second-order valence-electron chi connectivity index (χ2n) is 5.30. The minimum absolute atomic E-state index is 0.0641. The third-order valence-electron chi connectivity index (χ3n) is 3.70. The molecule has 0 unspecified atom stereocenters. The zero-order chi connectivity index (χ0) is 19.0. The summed E-state index contributed by atoms with van der Waals surface area (Å²) in [6.45, 7) is 9.08. The van der Waals surface area contributed by atoms with E-state index in [1.807, 2.05) is 27.7 Å². The molecular weight excluding hydrogens is 344 g/mol. The second-order valence-corrected chi connectivity index (χ2v) is 7.35. The molecule has 7 nitrogen and oxygen atoms in total. The van der Waals surface area contributed by atoms with Crippen LogP contribution in [0.1, 0.15) is 27.7 Å². The number of carbonyl (C=O) groups excluding carboxylic acids is 1. The van der Waals surface area contributed by atoms with Crippen LogP contribution < -0.4 is 9.47 Å². The van der Waals surface area contributed by atoms with E-state index in [9.17, 15) is 13.2 Å². The number of hydrogen-bond acceptors (Lipinski definition) is 5. The van der Waals surface area contributed by atoms with Gasteiger partial charge in [0.05, 0.1) is 24.7 Å². The van der Waals surface area contributed by atoms with Crippen molar-refractivity contribution in [3.63, 3.8) is 0 Å². The fourth-order valence-corrected chi connectivity index (χ4v) is 3.46. The van der Waals surface area contributed by atoms with Crippen molar-refractivity contribution in [2.45, 2.75) is 32.6 Å². The molecule has 1 aromatic carbocycles. The van der Waals surface area contributed by atoms with Gasteiger partial charge in [0.2, 0.25) is 15.9 Å². The smallest absolute Gasteiger partial charge is 0.243 e. The Bertz CT molecular complexity index is 672. The molecule has 0 aromatic heterocycles. The number of amides is 1. The van der Waals surface area contributed by atoms with E-state index in [-0.39, 0.29) is 17.3 Å². The minimum atomic E-state index is -3.81. The van der Waals surface area contributed by atoms with Gasteiger partial charge < -0.3 is 14.4 Å². The Kier molecular flexibility index (Phi) is 8.18. The molecule has 1 amide bonds. The molecule has 0 aliphatic rings. The van der Waals surface area contributed by atoms with Crippen LogP contribution in [0.5, 0.6) is 11.5 Å². The summed E-state index contributed by atoms with van der Waals surface area (Å²) in [6, 6.07) is 4.46. The SMILES string of the molecule is CCOc1ccc(S(=O)(=O)N(C)CC(=O)N(CC)CC)cc1OCC. The summed E-state index contributed by atoms with van der Waals surface area (Å²) in [5.41, 5.74) is 0. The van der Waals surface area contributed by atoms with Crippen LogP contribution in [0, 0.1) is 0 Å². The van der Waals surface area contributed by atoms with Crippen molar-refractivity contribution in [1.29, 1.82) is 0 Å². The third-order valence-corrected chi connectivity index (χ3v) is 5.50. The molecule has 0 heterocycles. The van der Waals surface area contributed by atoms with Crippen molar-refractivity contribution in [3.05, 3.63) is 18.2 Å². The number of likely N-dealkylation sites (N-methyl/N-ethyl adjacent to an activating group) is 2. The molecule has 0 spiro atoms. The standard InChI is InChI=1S/C17H28N2O5S/c1-6-19(7-2)17(20)13-18(5)25(21,22)14-10-11-15(23-8-3)16(12-14)24-9-4/h10-12H,6-9,13H2,1-5H3. The molecule has 0 saturated heterocycles. The van der Waals surface area contributed by atoms with E-state index in [1.165, 1.54) is 19.2 Å². The van der Waals surface area contributed by atoms with Gasteiger partial charge in [-0.25, -0.2) is 8.42 Å². The summed E-state index contributed by atoms with van der Waals surface area (Å²) in [7, 11) is -2.41. The predicted molar refractivity (Wildman–Crippen MR) is 96.5 cm³/mol. The Morgan fingerprint density at radius 1 is 1.00 bits per heavy atom. The van der Waals surface area contributed by atoms with Crippen LogP contribution >= 0.6 is 0 Å². The number of hydrogen-bond donors (Lipinski definition) is 0. The molecule has 1 aromatic rings. The lowest BCUT2D eigenvalue weighted by Gasteiger charge is -2.23. The van der Waals surface area contributed by atoms with Gasteiger partial charge in [0.1, 0.15) is 0 Å². The highest BCUT2D eigenvalue weighted by Crippen LogP contribution is 2.31. The normalized spacial score (nSPS) is 11.4. The van der Waals surface area contributed by atoms with Crippen LogP contribution in [0.25, 0.3) is 0 Å². The molecule has 0 aliphatic heterocycles. The number of sulfonamides is 1. The van der Waals surface area contributed by atoms with E-state index in [4.69, 9.17) is 9.47 Å². The maximum atomic E-state index is 12.8. The number of ether oxygens (including phenoxy) is 2. The number of nitrogens with zero attached hydrogens (tertiary/aromatic N) is 2. The molecule has 0 N–H and O–H groups in total. The molecule has 1 rings (SSSR count). The summed E-state index contributed by atoms with van der Waals surface area (Å²) in [6.07, 6.45) is 0. The first-order valence-corrected chi connectivity index (χ1v) is 9.89. The summed E-state index contributed by atoms with van der Waals surface area (Å²) >= 11 is 0. The summed E-state index contributed by atoms with van der Waals surface area (Å²) < 4.78 is 37.5. The van der Waals surface area contributed by atoms with Gasteiger partial charge in [0, 0.05) is 26.2 Å². The van der Waals surface area contributed by atoms with E-state index in [0.717, 1.165) is 4.31 Å². The minimum Gasteiger partial charge on any atom is -0.490 e. The average Bonchev–Trinajstić information content (AvgIpc) is 2.57. The molecule has 0 aliphatic carbocycles. The van der Waals surface area contributed by atoms with Crippen molar-refractivity contribution in [2.75, 3.05) is 39.9 Å². The molecule has 0 saturated carbocycles. The highest BCUT2D eigenvalue weighted by molar-refractivity contribution is 7.89. The van der Waals surface area contributed by atoms with Gasteiger partial charge in [0.25, 0.3) is 0 Å². The van der Waals surface area contributed by atoms with E-state index in [0.29, 0.717) is 37.8 Å². The summed E-state index contributed by atoms with van der Waals surface area (Å²) in [5, 5.41) is 0. The number of carbonyl (C=O) groups is 1. The van der Waals surface area contributed by atoms with Crippen LogP contribution in [-0.4, -0.2) is 63.4 Å².